The fourth-order valence-electron chi connectivity index (χ4n) is 1.83. The molecule has 0 aliphatic heterocycles. The van der Waals surface area contributed by atoms with E-state index in [4.69, 9.17) is 10.5 Å². The van der Waals surface area contributed by atoms with Crippen LogP contribution in [0.5, 0.6) is 5.75 Å². The fraction of sp³-hybridized carbons (Fsp3) is 0.500. The van der Waals surface area contributed by atoms with Gasteiger partial charge in [-0.3, -0.25) is 4.79 Å². The van der Waals surface area contributed by atoms with Crippen LogP contribution in [0.3, 0.4) is 0 Å². The first kappa shape index (κ1) is 13.7. The predicted molar refractivity (Wildman–Crippen MR) is 69.5 cm³/mol. The minimum absolute atomic E-state index is 0.0424. The monoisotopic (exact) mass is 235 g/mol. The Morgan fingerprint density at radius 1 is 1.41 bits per heavy atom. The van der Waals surface area contributed by atoms with Gasteiger partial charge in [0.15, 0.2) is 5.78 Å². The molecule has 3 nitrogen and oxygen atoms in total. The number of methoxy groups -OCH3 is 1. The van der Waals surface area contributed by atoms with Gasteiger partial charge in [0.2, 0.25) is 0 Å². The van der Waals surface area contributed by atoms with Gasteiger partial charge in [0, 0.05) is 0 Å². The molecule has 2 N–H and O–H groups in total. The number of benzene rings is 1. The van der Waals surface area contributed by atoms with Gasteiger partial charge in [-0.05, 0) is 31.4 Å². The molecule has 0 amide bonds. The molecule has 3 heteroatoms. The molecule has 1 aromatic carbocycles. The van der Waals surface area contributed by atoms with Gasteiger partial charge in [-0.25, -0.2) is 0 Å². The van der Waals surface area contributed by atoms with Crippen molar-refractivity contribution in [3.05, 3.63) is 29.3 Å². The third-order valence-corrected chi connectivity index (χ3v) is 2.68. The molecular weight excluding hydrogens is 214 g/mol. The van der Waals surface area contributed by atoms with E-state index in [-0.39, 0.29) is 5.78 Å². The minimum Gasteiger partial charge on any atom is -0.496 e. The van der Waals surface area contributed by atoms with Gasteiger partial charge in [-0.1, -0.05) is 25.5 Å². The summed E-state index contributed by atoms with van der Waals surface area (Å²) in [5.41, 5.74) is 7.54. The molecule has 1 aromatic rings. The lowest BCUT2D eigenvalue weighted by atomic mass is 9.95. The number of aryl methyl sites for hydroxylation is 1. The largest absolute Gasteiger partial charge is 0.496 e. The van der Waals surface area contributed by atoms with E-state index in [9.17, 15) is 4.79 Å². The molecule has 0 heterocycles. The van der Waals surface area contributed by atoms with Crippen LogP contribution in [0.25, 0.3) is 0 Å². The first-order valence-electron chi connectivity index (χ1n) is 5.90. The number of carbonyl (C=O) groups is 1. The van der Waals surface area contributed by atoms with Crippen LogP contribution in [-0.4, -0.2) is 18.9 Å². The number of hydrogen-bond acceptors (Lipinski definition) is 3. The molecule has 0 aliphatic carbocycles. The van der Waals surface area contributed by atoms with Crippen molar-refractivity contribution in [2.45, 2.75) is 33.2 Å². The molecule has 0 radical (unpaired) electrons. The first-order chi connectivity index (χ1) is 7.95. The van der Waals surface area contributed by atoms with Crippen molar-refractivity contribution in [3.8, 4) is 5.75 Å². The second kappa shape index (κ2) is 5.82. The van der Waals surface area contributed by atoms with Crippen molar-refractivity contribution in [1.29, 1.82) is 0 Å². The predicted octanol–water partition coefficient (Wildman–Crippen LogP) is 2.56. The van der Waals surface area contributed by atoms with Crippen LogP contribution in [0.1, 0.15) is 36.2 Å². The normalized spacial score (nSPS) is 12.6. The van der Waals surface area contributed by atoms with E-state index in [2.05, 4.69) is 13.8 Å². The number of nitrogens with two attached hydrogens (primary N) is 1. The highest BCUT2D eigenvalue weighted by Crippen LogP contribution is 2.22. The highest BCUT2D eigenvalue weighted by Gasteiger charge is 2.20. The van der Waals surface area contributed by atoms with E-state index in [1.807, 2.05) is 25.1 Å². The van der Waals surface area contributed by atoms with E-state index < -0.39 is 6.04 Å². The Bertz CT molecular complexity index is 399. The minimum atomic E-state index is -0.453. The molecule has 94 valence electrons. The first-order valence-corrected chi connectivity index (χ1v) is 5.90. The molecule has 17 heavy (non-hydrogen) atoms. The van der Waals surface area contributed by atoms with Crippen molar-refractivity contribution in [3.63, 3.8) is 0 Å². The average Bonchev–Trinajstić information content (AvgIpc) is 2.27. The summed E-state index contributed by atoms with van der Waals surface area (Å²) in [5, 5.41) is 0. The lowest BCUT2D eigenvalue weighted by molar-refractivity contribution is 0.0948. The Morgan fingerprint density at radius 2 is 2.06 bits per heavy atom. The zero-order valence-electron chi connectivity index (χ0n) is 11.0. The zero-order chi connectivity index (χ0) is 13.0. The van der Waals surface area contributed by atoms with Crippen LogP contribution >= 0.6 is 0 Å². The van der Waals surface area contributed by atoms with E-state index in [1.165, 1.54) is 0 Å². The molecule has 0 aromatic heterocycles. The summed E-state index contributed by atoms with van der Waals surface area (Å²) in [6, 6.07) is 5.11. The molecule has 1 atom stereocenters. The van der Waals surface area contributed by atoms with Gasteiger partial charge in [-0.15, -0.1) is 0 Å². The molecule has 1 unspecified atom stereocenters. The van der Waals surface area contributed by atoms with Gasteiger partial charge in [0.25, 0.3) is 0 Å². The highest BCUT2D eigenvalue weighted by molar-refractivity contribution is 6.02. The summed E-state index contributed by atoms with van der Waals surface area (Å²) < 4.78 is 5.20. The maximum atomic E-state index is 12.2. The van der Waals surface area contributed by atoms with Gasteiger partial charge >= 0.3 is 0 Å². The van der Waals surface area contributed by atoms with Gasteiger partial charge in [0.1, 0.15) is 5.75 Å². The standard InChI is InChI=1S/C14H21NO2/c1-9(2)7-12(15)14(16)11-8-10(3)5-6-13(11)17-4/h5-6,8-9,12H,7,15H2,1-4H3. The molecule has 0 saturated heterocycles. The molecule has 0 bridgehead atoms. The van der Waals surface area contributed by atoms with Gasteiger partial charge in [0.05, 0.1) is 18.7 Å². The van der Waals surface area contributed by atoms with Crippen LogP contribution in [0.15, 0.2) is 18.2 Å². The molecular formula is C14H21NO2. The van der Waals surface area contributed by atoms with Crippen LogP contribution in [0.2, 0.25) is 0 Å². The summed E-state index contributed by atoms with van der Waals surface area (Å²) in [5.74, 6) is 0.962. The zero-order valence-corrected chi connectivity index (χ0v) is 11.0. The van der Waals surface area contributed by atoms with E-state index in [0.29, 0.717) is 23.7 Å². The smallest absolute Gasteiger partial charge is 0.183 e. The van der Waals surface area contributed by atoms with Crippen molar-refractivity contribution >= 4 is 5.78 Å². The summed E-state index contributed by atoms with van der Waals surface area (Å²) in [6.07, 6.45) is 0.690. The second-order valence-electron chi connectivity index (χ2n) is 4.80. The lowest BCUT2D eigenvalue weighted by Crippen LogP contribution is -2.32. The second-order valence-corrected chi connectivity index (χ2v) is 4.80. The number of carbonyl (C=O) groups excluding carboxylic acids is 1. The Balaban J connectivity index is 2.98. The summed E-state index contributed by atoms with van der Waals surface area (Å²) in [6.45, 7) is 6.06. The van der Waals surface area contributed by atoms with Crippen LogP contribution in [0, 0.1) is 12.8 Å². The highest BCUT2D eigenvalue weighted by atomic mass is 16.5. The average molecular weight is 235 g/mol. The van der Waals surface area contributed by atoms with Gasteiger partial charge < -0.3 is 10.5 Å². The van der Waals surface area contributed by atoms with Crippen molar-refractivity contribution in [2.24, 2.45) is 11.7 Å². The Labute approximate surface area is 103 Å². The third kappa shape index (κ3) is 3.56. The number of Topliss-reactive ketones (excluding diaryl/α,β-unsaturated/α-hetero) is 1. The van der Waals surface area contributed by atoms with Crippen LogP contribution in [0.4, 0.5) is 0 Å². The summed E-state index contributed by atoms with van der Waals surface area (Å²) in [7, 11) is 1.56. The van der Waals surface area contributed by atoms with Gasteiger partial charge in [-0.2, -0.15) is 0 Å². The van der Waals surface area contributed by atoms with Crippen molar-refractivity contribution in [1.82, 2.24) is 0 Å². The van der Waals surface area contributed by atoms with Crippen molar-refractivity contribution in [2.75, 3.05) is 7.11 Å². The lowest BCUT2D eigenvalue weighted by Gasteiger charge is -2.15. The van der Waals surface area contributed by atoms with Crippen molar-refractivity contribution < 1.29 is 9.53 Å². The Hall–Kier alpha value is -1.35. The molecule has 0 spiro atoms. The maximum absolute atomic E-state index is 12.2. The Kier molecular flexibility index (Phi) is 4.70. The number of ketones is 1. The Morgan fingerprint density at radius 3 is 2.59 bits per heavy atom. The summed E-state index contributed by atoms with van der Waals surface area (Å²) >= 11 is 0. The SMILES string of the molecule is COc1ccc(C)cc1C(=O)C(N)CC(C)C. The van der Waals surface area contributed by atoms with Crippen LogP contribution in [-0.2, 0) is 0 Å². The quantitative estimate of drug-likeness (QED) is 0.798. The fourth-order valence-corrected chi connectivity index (χ4v) is 1.83. The number of hydrogen-bond donors (Lipinski definition) is 1. The molecule has 0 aliphatic rings. The van der Waals surface area contributed by atoms with E-state index in [0.717, 1.165) is 5.56 Å². The number of rotatable bonds is 5. The third-order valence-electron chi connectivity index (χ3n) is 2.68. The maximum Gasteiger partial charge on any atom is 0.183 e. The molecule has 1 rings (SSSR count). The van der Waals surface area contributed by atoms with E-state index >= 15 is 0 Å². The topological polar surface area (TPSA) is 52.3 Å². The van der Waals surface area contributed by atoms with Crippen LogP contribution < -0.4 is 10.5 Å². The van der Waals surface area contributed by atoms with E-state index in [1.54, 1.807) is 7.11 Å². The molecule has 0 fully saturated rings. The molecule has 0 saturated carbocycles. The summed E-state index contributed by atoms with van der Waals surface area (Å²) in [4.78, 5) is 12.2. The number of ether oxygens (including phenoxy) is 1.